The molecule has 0 bridgehead atoms. The molecule has 0 radical (unpaired) electrons. The van der Waals surface area contributed by atoms with Gasteiger partial charge in [-0.3, -0.25) is 4.79 Å². The van der Waals surface area contributed by atoms with Crippen LogP contribution in [0.1, 0.15) is 38.4 Å². The zero-order chi connectivity index (χ0) is 14.4. The number of aliphatic hydroxyl groups is 1. The summed E-state index contributed by atoms with van der Waals surface area (Å²) in [5.74, 6) is 1.19. The van der Waals surface area contributed by atoms with Crippen LogP contribution in [-0.2, 0) is 11.3 Å². The van der Waals surface area contributed by atoms with Gasteiger partial charge in [0, 0.05) is 0 Å². The van der Waals surface area contributed by atoms with Crippen LogP contribution in [0.2, 0.25) is 0 Å². The van der Waals surface area contributed by atoms with E-state index in [-0.39, 0.29) is 18.1 Å². The lowest BCUT2D eigenvalue weighted by Gasteiger charge is -2.27. The molecule has 3 unspecified atom stereocenters. The molecule has 5 nitrogen and oxygen atoms in total. The Balaban J connectivity index is 1.65. The zero-order valence-corrected chi connectivity index (χ0v) is 12.0. The molecule has 0 aliphatic heterocycles. The number of furan rings is 1. The van der Waals surface area contributed by atoms with Crippen molar-refractivity contribution in [3.63, 3.8) is 0 Å². The summed E-state index contributed by atoms with van der Waals surface area (Å²) in [5, 5.41) is 15.7. The van der Waals surface area contributed by atoms with Crippen LogP contribution >= 0.6 is 0 Å². The fourth-order valence-electron chi connectivity index (χ4n) is 2.62. The van der Waals surface area contributed by atoms with Gasteiger partial charge in [-0.25, -0.2) is 0 Å². The van der Waals surface area contributed by atoms with Crippen molar-refractivity contribution in [3.8, 4) is 0 Å². The largest absolute Gasteiger partial charge is 0.467 e. The van der Waals surface area contributed by atoms with Gasteiger partial charge in [0.05, 0.1) is 25.0 Å². The number of hydrogen-bond donors (Lipinski definition) is 3. The molecule has 0 spiro atoms. The van der Waals surface area contributed by atoms with Gasteiger partial charge in [-0.05, 0) is 50.8 Å². The molecule has 1 aromatic heterocycles. The number of hydrogen-bond acceptors (Lipinski definition) is 4. The molecule has 0 aromatic carbocycles. The molecule has 2 rings (SSSR count). The molecule has 1 fully saturated rings. The third kappa shape index (κ3) is 4.65. The maximum Gasteiger partial charge on any atom is 0.237 e. The first-order chi connectivity index (χ1) is 9.65. The second-order valence-corrected chi connectivity index (χ2v) is 5.61. The standard InChI is InChI=1S/C15H24N2O3/c1-11(15(19)17-10-14-6-3-7-20-14)16-9-12-4-2-5-13(18)8-12/h3,6-7,11-13,16,18H,2,4-5,8-10H2,1H3,(H,17,19). The minimum Gasteiger partial charge on any atom is -0.467 e. The van der Waals surface area contributed by atoms with Crippen molar-refractivity contribution >= 4 is 5.91 Å². The van der Waals surface area contributed by atoms with Crippen molar-refractivity contribution in [2.75, 3.05) is 6.54 Å². The van der Waals surface area contributed by atoms with Gasteiger partial charge in [-0.15, -0.1) is 0 Å². The molecule has 1 amide bonds. The van der Waals surface area contributed by atoms with Gasteiger partial charge in [-0.1, -0.05) is 6.42 Å². The average Bonchev–Trinajstić information content (AvgIpc) is 2.95. The van der Waals surface area contributed by atoms with Crippen molar-refractivity contribution in [2.24, 2.45) is 5.92 Å². The Morgan fingerprint density at radius 1 is 1.55 bits per heavy atom. The fraction of sp³-hybridized carbons (Fsp3) is 0.667. The normalized spacial score (nSPS) is 24.3. The van der Waals surface area contributed by atoms with Gasteiger partial charge in [0.25, 0.3) is 0 Å². The molecule has 20 heavy (non-hydrogen) atoms. The molecule has 1 aromatic rings. The summed E-state index contributed by atoms with van der Waals surface area (Å²) >= 11 is 0. The average molecular weight is 280 g/mol. The first-order valence-electron chi connectivity index (χ1n) is 7.36. The van der Waals surface area contributed by atoms with Gasteiger partial charge in [0.1, 0.15) is 5.76 Å². The van der Waals surface area contributed by atoms with Crippen molar-refractivity contribution in [3.05, 3.63) is 24.2 Å². The van der Waals surface area contributed by atoms with E-state index in [1.54, 1.807) is 12.3 Å². The summed E-state index contributed by atoms with van der Waals surface area (Å²) in [6, 6.07) is 3.41. The second-order valence-electron chi connectivity index (χ2n) is 5.61. The zero-order valence-electron chi connectivity index (χ0n) is 12.0. The summed E-state index contributed by atoms with van der Waals surface area (Å²) in [4.78, 5) is 11.9. The number of amides is 1. The third-order valence-corrected chi connectivity index (χ3v) is 3.88. The number of carbonyl (C=O) groups is 1. The van der Waals surface area contributed by atoms with Crippen molar-refractivity contribution in [2.45, 2.75) is 51.3 Å². The molecule has 1 aliphatic carbocycles. The van der Waals surface area contributed by atoms with E-state index >= 15 is 0 Å². The molecule has 1 saturated carbocycles. The first kappa shape index (κ1) is 15.1. The first-order valence-corrected chi connectivity index (χ1v) is 7.36. The van der Waals surface area contributed by atoms with Gasteiger partial charge >= 0.3 is 0 Å². The van der Waals surface area contributed by atoms with E-state index in [0.29, 0.717) is 12.5 Å². The molecular formula is C15H24N2O3. The summed E-state index contributed by atoms with van der Waals surface area (Å²) in [6.07, 6.45) is 5.39. The summed E-state index contributed by atoms with van der Waals surface area (Å²) in [6.45, 7) is 3.06. The number of rotatable bonds is 6. The summed E-state index contributed by atoms with van der Waals surface area (Å²) < 4.78 is 5.17. The SMILES string of the molecule is CC(NCC1CCCC(O)C1)C(=O)NCc1ccco1. The van der Waals surface area contributed by atoms with Crippen LogP contribution in [0.4, 0.5) is 0 Å². The van der Waals surface area contributed by atoms with Crippen LogP contribution < -0.4 is 10.6 Å². The minimum absolute atomic E-state index is 0.0299. The molecule has 112 valence electrons. The van der Waals surface area contributed by atoms with Crippen molar-refractivity contribution in [1.82, 2.24) is 10.6 Å². The van der Waals surface area contributed by atoms with Gasteiger partial charge in [0.15, 0.2) is 0 Å². The van der Waals surface area contributed by atoms with E-state index in [1.807, 2.05) is 13.0 Å². The van der Waals surface area contributed by atoms with Crippen LogP contribution in [0.3, 0.4) is 0 Å². The summed E-state index contributed by atoms with van der Waals surface area (Å²) in [7, 11) is 0. The number of nitrogens with one attached hydrogen (secondary N) is 2. The Bertz CT molecular complexity index is 405. The summed E-state index contributed by atoms with van der Waals surface area (Å²) in [5.41, 5.74) is 0. The molecular weight excluding hydrogens is 256 g/mol. The maximum atomic E-state index is 11.9. The maximum absolute atomic E-state index is 11.9. The highest BCUT2D eigenvalue weighted by molar-refractivity contribution is 5.81. The Kier molecular flexibility index (Phi) is 5.61. The predicted octanol–water partition coefficient (Wildman–Crippen LogP) is 1.42. The Labute approximate surface area is 119 Å². The highest BCUT2D eigenvalue weighted by Crippen LogP contribution is 2.23. The molecule has 1 aliphatic rings. The number of carbonyl (C=O) groups excluding carboxylic acids is 1. The van der Waals surface area contributed by atoms with E-state index in [0.717, 1.165) is 38.0 Å². The predicted molar refractivity (Wildman–Crippen MR) is 76.0 cm³/mol. The second kappa shape index (κ2) is 7.45. The van der Waals surface area contributed by atoms with E-state index in [1.165, 1.54) is 0 Å². The van der Waals surface area contributed by atoms with Crippen LogP contribution in [0, 0.1) is 5.92 Å². The van der Waals surface area contributed by atoms with E-state index in [4.69, 9.17) is 4.42 Å². The minimum atomic E-state index is -0.232. The quantitative estimate of drug-likeness (QED) is 0.737. The highest BCUT2D eigenvalue weighted by atomic mass is 16.3. The van der Waals surface area contributed by atoms with Crippen LogP contribution in [0.5, 0.6) is 0 Å². The Morgan fingerprint density at radius 3 is 3.10 bits per heavy atom. The van der Waals surface area contributed by atoms with Crippen molar-refractivity contribution in [1.29, 1.82) is 0 Å². The van der Waals surface area contributed by atoms with Crippen molar-refractivity contribution < 1.29 is 14.3 Å². The van der Waals surface area contributed by atoms with Crippen LogP contribution in [-0.4, -0.2) is 29.7 Å². The van der Waals surface area contributed by atoms with Crippen LogP contribution in [0.15, 0.2) is 22.8 Å². The molecule has 1 heterocycles. The third-order valence-electron chi connectivity index (χ3n) is 3.88. The lowest BCUT2D eigenvalue weighted by atomic mass is 9.87. The lowest BCUT2D eigenvalue weighted by Crippen LogP contribution is -2.44. The molecule has 3 N–H and O–H groups in total. The fourth-order valence-corrected chi connectivity index (χ4v) is 2.62. The molecule has 3 atom stereocenters. The topological polar surface area (TPSA) is 74.5 Å². The van der Waals surface area contributed by atoms with E-state index < -0.39 is 0 Å². The van der Waals surface area contributed by atoms with Gasteiger partial charge in [-0.2, -0.15) is 0 Å². The monoisotopic (exact) mass is 280 g/mol. The highest BCUT2D eigenvalue weighted by Gasteiger charge is 2.21. The Morgan fingerprint density at radius 2 is 2.40 bits per heavy atom. The van der Waals surface area contributed by atoms with E-state index in [2.05, 4.69) is 10.6 Å². The van der Waals surface area contributed by atoms with Gasteiger partial charge in [0.2, 0.25) is 5.91 Å². The Hall–Kier alpha value is -1.33. The lowest BCUT2D eigenvalue weighted by molar-refractivity contribution is -0.123. The smallest absolute Gasteiger partial charge is 0.237 e. The van der Waals surface area contributed by atoms with Gasteiger partial charge < -0.3 is 20.2 Å². The number of aliphatic hydroxyl groups excluding tert-OH is 1. The molecule has 0 saturated heterocycles. The molecule has 5 heteroatoms. The van der Waals surface area contributed by atoms with E-state index in [9.17, 15) is 9.90 Å². The van der Waals surface area contributed by atoms with Crippen LogP contribution in [0.25, 0.3) is 0 Å².